The Hall–Kier alpha value is -2.08. The molecule has 6 nitrogen and oxygen atoms in total. The molecule has 1 aromatic carbocycles. The monoisotopic (exact) mass is 280 g/mol. The lowest BCUT2D eigenvalue weighted by atomic mass is 10.1. The summed E-state index contributed by atoms with van der Waals surface area (Å²) in [5, 5.41) is 2.74. The molecule has 1 atom stereocenters. The number of rotatable bonds is 7. The van der Waals surface area contributed by atoms with Gasteiger partial charge >= 0.3 is 5.97 Å². The van der Waals surface area contributed by atoms with Crippen LogP contribution in [0.2, 0.25) is 0 Å². The molecule has 0 aromatic heterocycles. The van der Waals surface area contributed by atoms with Gasteiger partial charge in [0.25, 0.3) is 0 Å². The van der Waals surface area contributed by atoms with Gasteiger partial charge in [-0.3, -0.25) is 4.79 Å². The number of ether oxygens (including phenoxy) is 2. The summed E-state index contributed by atoms with van der Waals surface area (Å²) in [6, 6.07) is 6.60. The maximum atomic E-state index is 11.6. The van der Waals surface area contributed by atoms with Gasteiger partial charge in [-0.2, -0.15) is 0 Å². The molecule has 0 bridgehead atoms. The fourth-order valence-electron chi connectivity index (χ4n) is 1.43. The molecule has 1 amide bonds. The minimum Gasteiger partial charge on any atom is -0.482 e. The summed E-state index contributed by atoms with van der Waals surface area (Å²) in [6.07, 6.45) is 1.05. The van der Waals surface area contributed by atoms with Crippen molar-refractivity contribution >= 4 is 17.6 Å². The van der Waals surface area contributed by atoms with Crippen molar-refractivity contribution in [3.05, 3.63) is 24.3 Å². The van der Waals surface area contributed by atoms with Gasteiger partial charge in [-0.1, -0.05) is 6.92 Å². The van der Waals surface area contributed by atoms with Gasteiger partial charge in [-0.25, -0.2) is 4.79 Å². The smallest absolute Gasteiger partial charge is 0.343 e. The average molecular weight is 280 g/mol. The fraction of sp³-hybridized carbons (Fsp3) is 0.429. The third-order valence-electron chi connectivity index (χ3n) is 2.69. The third kappa shape index (κ3) is 5.71. The van der Waals surface area contributed by atoms with E-state index in [0.29, 0.717) is 11.4 Å². The molecule has 0 saturated heterocycles. The van der Waals surface area contributed by atoms with E-state index in [4.69, 9.17) is 10.5 Å². The first-order chi connectivity index (χ1) is 9.55. The summed E-state index contributed by atoms with van der Waals surface area (Å²) in [6.45, 7) is 1.79. The average Bonchev–Trinajstić information content (AvgIpc) is 2.45. The number of nitrogens with two attached hydrogens (primary N) is 1. The number of carbonyl (C=O) groups excluding carboxylic acids is 2. The zero-order chi connectivity index (χ0) is 15.0. The number of hydrogen-bond acceptors (Lipinski definition) is 5. The van der Waals surface area contributed by atoms with Crippen LogP contribution in [0, 0.1) is 0 Å². The number of hydrogen-bond donors (Lipinski definition) is 2. The fourth-order valence-corrected chi connectivity index (χ4v) is 1.43. The third-order valence-corrected chi connectivity index (χ3v) is 2.69. The Morgan fingerprint density at radius 1 is 1.30 bits per heavy atom. The van der Waals surface area contributed by atoms with Crippen LogP contribution in [0.1, 0.15) is 19.8 Å². The second-order valence-electron chi connectivity index (χ2n) is 4.31. The van der Waals surface area contributed by atoms with Gasteiger partial charge in [0, 0.05) is 18.2 Å². The van der Waals surface area contributed by atoms with Crippen LogP contribution in [0.4, 0.5) is 5.69 Å². The van der Waals surface area contributed by atoms with Crippen molar-refractivity contribution in [3.63, 3.8) is 0 Å². The summed E-state index contributed by atoms with van der Waals surface area (Å²) >= 11 is 0. The molecule has 1 aromatic rings. The van der Waals surface area contributed by atoms with Gasteiger partial charge in [0.15, 0.2) is 6.61 Å². The minimum atomic E-state index is -0.448. The van der Waals surface area contributed by atoms with E-state index < -0.39 is 5.97 Å². The van der Waals surface area contributed by atoms with E-state index in [0.717, 1.165) is 6.42 Å². The molecular weight excluding hydrogens is 260 g/mol. The topological polar surface area (TPSA) is 90.7 Å². The summed E-state index contributed by atoms with van der Waals surface area (Å²) in [5.41, 5.74) is 6.36. The zero-order valence-corrected chi connectivity index (χ0v) is 11.7. The van der Waals surface area contributed by atoms with Gasteiger partial charge in [0.2, 0.25) is 5.91 Å². The quantitative estimate of drug-likeness (QED) is 0.735. The number of carbonyl (C=O) groups is 2. The van der Waals surface area contributed by atoms with E-state index in [9.17, 15) is 9.59 Å². The Bertz CT molecular complexity index is 445. The van der Waals surface area contributed by atoms with Crippen LogP contribution in [0.5, 0.6) is 5.75 Å². The highest BCUT2D eigenvalue weighted by atomic mass is 16.6. The standard InChI is InChI=1S/C14H20N2O4/c1-3-10(15)8-13(17)16-11-4-6-12(7-5-11)20-9-14(18)19-2/h4-7,10H,3,8-9,15H2,1-2H3,(H,16,17). The first-order valence-electron chi connectivity index (χ1n) is 6.40. The predicted octanol–water partition coefficient (Wildman–Crippen LogP) is 1.30. The van der Waals surface area contributed by atoms with Crippen molar-refractivity contribution in [3.8, 4) is 5.75 Å². The molecule has 0 aliphatic rings. The molecule has 1 rings (SSSR count). The number of amides is 1. The summed E-state index contributed by atoms with van der Waals surface area (Å²) in [5.74, 6) is -0.0443. The van der Waals surface area contributed by atoms with Crippen molar-refractivity contribution in [1.82, 2.24) is 0 Å². The molecule has 0 aliphatic carbocycles. The Labute approximate surface area is 118 Å². The molecule has 0 spiro atoms. The Kier molecular flexibility index (Phi) is 6.52. The van der Waals surface area contributed by atoms with Crippen LogP contribution in [-0.2, 0) is 14.3 Å². The summed E-state index contributed by atoms with van der Waals surface area (Å²) in [7, 11) is 1.30. The summed E-state index contributed by atoms with van der Waals surface area (Å²) in [4.78, 5) is 22.5. The van der Waals surface area contributed by atoms with Crippen LogP contribution >= 0.6 is 0 Å². The van der Waals surface area contributed by atoms with Crippen LogP contribution in [0.15, 0.2) is 24.3 Å². The normalized spacial score (nSPS) is 11.6. The largest absolute Gasteiger partial charge is 0.482 e. The molecule has 0 radical (unpaired) electrons. The maximum Gasteiger partial charge on any atom is 0.343 e. The number of nitrogens with one attached hydrogen (secondary N) is 1. The lowest BCUT2D eigenvalue weighted by Gasteiger charge is -2.10. The second kappa shape index (κ2) is 8.16. The molecule has 20 heavy (non-hydrogen) atoms. The molecule has 0 saturated carbocycles. The van der Waals surface area contributed by atoms with Gasteiger partial charge < -0.3 is 20.5 Å². The molecule has 0 aliphatic heterocycles. The molecule has 0 fully saturated rings. The zero-order valence-electron chi connectivity index (χ0n) is 11.7. The minimum absolute atomic E-state index is 0.123. The van der Waals surface area contributed by atoms with Gasteiger partial charge in [-0.15, -0.1) is 0 Å². The molecule has 3 N–H and O–H groups in total. The molecular formula is C14H20N2O4. The highest BCUT2D eigenvalue weighted by molar-refractivity contribution is 5.91. The molecule has 1 unspecified atom stereocenters. The van der Waals surface area contributed by atoms with Gasteiger partial charge in [0.05, 0.1) is 7.11 Å². The highest BCUT2D eigenvalue weighted by Gasteiger charge is 2.08. The van der Waals surface area contributed by atoms with E-state index in [1.165, 1.54) is 7.11 Å². The van der Waals surface area contributed by atoms with E-state index >= 15 is 0 Å². The first-order valence-corrected chi connectivity index (χ1v) is 6.40. The first kappa shape index (κ1) is 16.0. The lowest BCUT2D eigenvalue weighted by molar-refractivity contribution is -0.142. The van der Waals surface area contributed by atoms with Crippen LogP contribution < -0.4 is 15.8 Å². The predicted molar refractivity (Wildman–Crippen MR) is 75.5 cm³/mol. The van der Waals surface area contributed by atoms with Crippen molar-refractivity contribution in [2.24, 2.45) is 5.73 Å². The van der Waals surface area contributed by atoms with E-state index in [2.05, 4.69) is 10.1 Å². The molecule has 6 heteroatoms. The van der Waals surface area contributed by atoms with Crippen molar-refractivity contribution in [2.75, 3.05) is 19.0 Å². The van der Waals surface area contributed by atoms with Crippen LogP contribution in [0.25, 0.3) is 0 Å². The number of methoxy groups -OCH3 is 1. The van der Waals surface area contributed by atoms with Crippen molar-refractivity contribution in [1.29, 1.82) is 0 Å². The van der Waals surface area contributed by atoms with E-state index in [1.807, 2.05) is 6.92 Å². The second-order valence-corrected chi connectivity index (χ2v) is 4.31. The Morgan fingerprint density at radius 2 is 1.95 bits per heavy atom. The van der Waals surface area contributed by atoms with Crippen molar-refractivity contribution < 1.29 is 19.1 Å². The molecule has 0 heterocycles. The summed E-state index contributed by atoms with van der Waals surface area (Å²) < 4.78 is 9.66. The SMILES string of the molecule is CCC(N)CC(=O)Nc1ccc(OCC(=O)OC)cc1. The van der Waals surface area contributed by atoms with E-state index in [1.54, 1.807) is 24.3 Å². The maximum absolute atomic E-state index is 11.6. The van der Waals surface area contributed by atoms with Crippen molar-refractivity contribution in [2.45, 2.75) is 25.8 Å². The van der Waals surface area contributed by atoms with Crippen LogP contribution in [0.3, 0.4) is 0 Å². The molecule has 110 valence electrons. The number of benzene rings is 1. The van der Waals surface area contributed by atoms with Gasteiger partial charge in [0.1, 0.15) is 5.75 Å². The Balaban J connectivity index is 2.46. The lowest BCUT2D eigenvalue weighted by Crippen LogP contribution is -2.26. The van der Waals surface area contributed by atoms with E-state index in [-0.39, 0.29) is 25.0 Å². The highest BCUT2D eigenvalue weighted by Crippen LogP contribution is 2.16. The van der Waals surface area contributed by atoms with Gasteiger partial charge in [-0.05, 0) is 30.7 Å². The van der Waals surface area contributed by atoms with Crippen LogP contribution in [-0.4, -0.2) is 31.6 Å². The number of esters is 1. The Morgan fingerprint density at radius 3 is 2.50 bits per heavy atom. The number of anilines is 1.